The minimum absolute atomic E-state index is 0.609. The van der Waals surface area contributed by atoms with Gasteiger partial charge in [0.2, 0.25) is 8.53 Å². The molecule has 10 aromatic rings. The fourth-order valence-corrected chi connectivity index (χ4v) is 18.6. The van der Waals surface area contributed by atoms with E-state index in [1.807, 2.05) is 48.5 Å². The first-order valence-corrected chi connectivity index (χ1v) is 45.3. The summed E-state index contributed by atoms with van der Waals surface area (Å²) in [4.78, 5) is 23.9. The third-order valence-electron chi connectivity index (χ3n) is 22.3. The van der Waals surface area contributed by atoms with Crippen molar-refractivity contribution in [1.82, 2.24) is 10.0 Å². The molecule has 2 aliphatic rings. The average Bonchev–Trinajstić information content (AvgIpc) is 0.711. The Hall–Kier alpha value is -8.63. The maximum absolute atomic E-state index is 12.5. The standard InChI is InChI=1S/2C49H61N3O4S.H4NO2P/c2*1-7-11-34-50(45(53)18-9-3)47-41(32-33-44-48(47)52(42-22-16-17-23-43(42)57-44)51(35-12-8-2)46(54)19-10-4)49(36-20-14-13-15-21-36,37-24-28-39(55-5)29-25-37)38-26-30-40(56-6)31-27-38;1-4(2)3/h2*13-17,20-33,45-46,53-54H,7-12,18-19,34-35H2,1-6H3;2-3H,1H2. The van der Waals surface area contributed by atoms with Crippen molar-refractivity contribution in [1.29, 1.82) is 0 Å². The number of ether oxygens (including phenoxy) is 4. The maximum atomic E-state index is 12.5. The second-order valence-electron chi connectivity index (χ2n) is 30.1. The van der Waals surface area contributed by atoms with Gasteiger partial charge in [0.1, 0.15) is 47.9 Å². The van der Waals surface area contributed by atoms with E-state index in [1.54, 1.807) is 52.0 Å². The number of nitrogens with zero attached hydrogens (tertiary/aromatic N) is 6. The summed E-state index contributed by atoms with van der Waals surface area (Å²) in [6.07, 6.45) is 10.4. The third kappa shape index (κ3) is 20.5. The van der Waals surface area contributed by atoms with E-state index in [-0.39, 0.29) is 0 Å². The molecule has 0 spiro atoms. The van der Waals surface area contributed by atoms with Crippen LogP contribution in [0.5, 0.6) is 23.0 Å². The van der Waals surface area contributed by atoms with Crippen molar-refractivity contribution < 1.29 is 49.2 Å². The van der Waals surface area contributed by atoms with Crippen LogP contribution in [-0.4, -0.2) is 120 Å². The molecule has 630 valence electrons. The molecule has 2 aliphatic heterocycles. The summed E-state index contributed by atoms with van der Waals surface area (Å²) in [6, 6.07) is 81.4. The molecule has 2 heterocycles. The molecule has 0 amide bonds. The Morgan fingerprint density at radius 1 is 0.331 bits per heavy atom. The van der Waals surface area contributed by atoms with Crippen molar-refractivity contribution in [3.05, 3.63) is 275 Å². The summed E-state index contributed by atoms with van der Waals surface area (Å²) in [5.74, 6) is 3.11. The van der Waals surface area contributed by atoms with E-state index in [0.717, 1.165) is 198 Å². The molecule has 17 nitrogen and oxygen atoms in total. The Morgan fingerprint density at radius 2 is 0.593 bits per heavy atom. The molecule has 118 heavy (non-hydrogen) atoms. The maximum Gasteiger partial charge on any atom is 0.247 e. The molecule has 20 heteroatoms. The number of benzene rings is 10. The highest BCUT2D eigenvalue weighted by molar-refractivity contribution is 8.00. The van der Waals surface area contributed by atoms with Gasteiger partial charge >= 0.3 is 0 Å². The number of nitrogens with two attached hydrogens (primary N) is 1. The minimum Gasteiger partial charge on any atom is -0.497 e. The molecule has 0 radical (unpaired) electrons. The zero-order chi connectivity index (χ0) is 84.3. The van der Waals surface area contributed by atoms with Crippen LogP contribution >= 0.6 is 32.0 Å². The highest BCUT2D eigenvalue weighted by Crippen LogP contribution is 2.61. The van der Waals surface area contributed by atoms with Crippen LogP contribution in [-0.2, 0) is 10.8 Å². The smallest absolute Gasteiger partial charge is 0.247 e. The van der Waals surface area contributed by atoms with Crippen LogP contribution in [0.25, 0.3) is 0 Å². The molecule has 8 N–H and O–H groups in total. The number of anilines is 6. The van der Waals surface area contributed by atoms with Gasteiger partial charge in [-0.05, 0) is 181 Å². The predicted octanol–water partition coefficient (Wildman–Crippen LogP) is 22.3. The number of hydrazine groups is 2. The molecule has 10 aromatic carbocycles. The first-order chi connectivity index (χ1) is 57.5. The van der Waals surface area contributed by atoms with E-state index in [1.165, 1.54) is 0 Å². The van der Waals surface area contributed by atoms with E-state index in [9.17, 15) is 20.4 Å². The predicted molar refractivity (Wildman–Crippen MR) is 488 cm³/mol. The van der Waals surface area contributed by atoms with Crippen LogP contribution in [0.3, 0.4) is 0 Å². The molecule has 4 unspecified atom stereocenters. The largest absolute Gasteiger partial charge is 0.497 e. The quantitative estimate of drug-likeness (QED) is 0.0108. The number of aliphatic hydroxyl groups is 4. The summed E-state index contributed by atoms with van der Waals surface area (Å²) in [7, 11) is 4.68. The zero-order valence-corrected chi connectivity index (χ0v) is 73.8. The van der Waals surface area contributed by atoms with Crippen LogP contribution in [0, 0.1) is 0 Å². The number of para-hydroxylation sites is 2. The van der Waals surface area contributed by atoms with E-state index in [4.69, 9.17) is 28.7 Å². The topological polar surface area (TPSA) is 204 Å². The lowest BCUT2D eigenvalue weighted by Crippen LogP contribution is -2.49. The van der Waals surface area contributed by atoms with Crippen LogP contribution in [0.2, 0.25) is 0 Å². The monoisotopic (exact) mass is 1660 g/mol. The van der Waals surface area contributed by atoms with Gasteiger partial charge in [0, 0.05) is 45.8 Å². The molecule has 0 saturated carbocycles. The first-order valence-electron chi connectivity index (χ1n) is 42.4. The fraction of sp³-hybridized carbons (Fsp3) is 0.388. The highest BCUT2D eigenvalue weighted by Gasteiger charge is 2.48. The molecule has 4 atom stereocenters. The van der Waals surface area contributed by atoms with Crippen molar-refractivity contribution in [2.75, 3.05) is 74.4 Å². The van der Waals surface area contributed by atoms with Crippen molar-refractivity contribution in [2.24, 2.45) is 5.50 Å². The molecule has 0 fully saturated rings. The lowest BCUT2D eigenvalue weighted by Gasteiger charge is -2.48. The Labute approximate surface area is 712 Å². The average molecular weight is 1660 g/mol. The van der Waals surface area contributed by atoms with Gasteiger partial charge in [-0.1, -0.05) is 276 Å². The van der Waals surface area contributed by atoms with Crippen molar-refractivity contribution in [3.63, 3.8) is 0 Å². The molecular weight excluding hydrogens is 1530 g/mol. The molecule has 0 bridgehead atoms. The number of hydrogen-bond acceptors (Lipinski definition) is 19. The lowest BCUT2D eigenvalue weighted by atomic mass is 9.64. The number of fused-ring (bicyclic) bond motifs is 4. The minimum atomic E-state index is -2.12. The second-order valence-corrected chi connectivity index (χ2v) is 32.9. The van der Waals surface area contributed by atoms with Gasteiger partial charge in [0.25, 0.3) is 0 Å². The molecule has 12 rings (SSSR count). The van der Waals surface area contributed by atoms with Crippen molar-refractivity contribution in [3.8, 4) is 23.0 Å². The Bertz CT molecular complexity index is 4280. The number of rotatable bonds is 40. The van der Waals surface area contributed by atoms with Gasteiger partial charge in [0.05, 0.1) is 73.4 Å². The van der Waals surface area contributed by atoms with Gasteiger partial charge < -0.3 is 59.0 Å². The zero-order valence-electron chi connectivity index (χ0n) is 71.2. The van der Waals surface area contributed by atoms with Gasteiger partial charge in [-0.25, -0.2) is 0 Å². The normalized spacial score (nSPS) is 13.4. The summed E-state index contributed by atoms with van der Waals surface area (Å²) in [5, 5.41) is 58.3. The highest BCUT2D eigenvalue weighted by atomic mass is 32.2. The summed E-state index contributed by atoms with van der Waals surface area (Å²) in [5.41, 5.74) is 17.0. The SMILES string of the molecule is CCCCN(c1c(C(c2ccccc2)(c2ccc(OC)cc2)c2ccc(OC)cc2)ccc2c1N(N(CCCC)C(O)CCC)c1ccccc1S2)C(O)CCC.CCCCN(c1c(C(c2ccccc2)(c2ccc(OC)cc2)c2ccc(OC)cc2)ccc2c1N(N(CCCC)C(O)CCC)c1ccccc1S2)C(O)CCC.NP(O)O. The van der Waals surface area contributed by atoms with Crippen molar-refractivity contribution >= 4 is 66.2 Å². The van der Waals surface area contributed by atoms with Gasteiger partial charge in [0.15, 0.2) is 0 Å². The Morgan fingerprint density at radius 3 is 0.873 bits per heavy atom. The number of hydrogen-bond donors (Lipinski definition) is 7. The van der Waals surface area contributed by atoms with E-state index >= 15 is 0 Å². The first kappa shape index (κ1) is 91.7. The second kappa shape index (κ2) is 45.1. The van der Waals surface area contributed by atoms with E-state index in [2.05, 4.69) is 273 Å². The number of methoxy groups -OCH3 is 4. The van der Waals surface area contributed by atoms with Gasteiger partial charge in [-0.3, -0.25) is 15.5 Å². The van der Waals surface area contributed by atoms with Crippen molar-refractivity contribution in [2.45, 2.75) is 213 Å². The van der Waals surface area contributed by atoms with Crippen LogP contribution < -0.4 is 44.3 Å². The summed E-state index contributed by atoms with van der Waals surface area (Å²) < 4.78 is 22.9. The fourth-order valence-electron chi connectivity index (χ4n) is 16.5. The van der Waals surface area contributed by atoms with E-state index < -0.39 is 44.3 Å². The molecule has 0 aliphatic carbocycles. The van der Waals surface area contributed by atoms with Crippen LogP contribution in [0.1, 0.15) is 203 Å². The van der Waals surface area contributed by atoms with Crippen LogP contribution in [0.15, 0.2) is 250 Å². The Kier molecular flexibility index (Phi) is 35.1. The molecular formula is C98H126N7O10PS2. The number of aliphatic hydroxyl groups excluding tert-OH is 4. The Balaban J connectivity index is 0.000000238. The lowest BCUT2D eigenvalue weighted by molar-refractivity contribution is -0.00488. The van der Waals surface area contributed by atoms with Gasteiger partial charge in [-0.15, -0.1) is 0 Å². The molecule has 0 saturated heterocycles. The third-order valence-corrected chi connectivity index (χ3v) is 24.5. The summed E-state index contributed by atoms with van der Waals surface area (Å²) >= 11 is 3.52. The number of unbranched alkanes of at least 4 members (excludes halogenated alkanes) is 4. The van der Waals surface area contributed by atoms with E-state index in [0.29, 0.717) is 51.9 Å². The summed E-state index contributed by atoms with van der Waals surface area (Å²) in [6.45, 7) is 20.0. The van der Waals surface area contributed by atoms with Crippen LogP contribution in [0.4, 0.5) is 34.1 Å². The molecule has 0 aromatic heterocycles. The van der Waals surface area contributed by atoms with Gasteiger partial charge in [-0.2, -0.15) is 10.0 Å².